The minimum Gasteiger partial charge on any atom is -0.350 e. The zero-order valence-corrected chi connectivity index (χ0v) is 17.2. The van der Waals surface area contributed by atoms with Crippen LogP contribution in [0.15, 0.2) is 77.8 Å². The maximum absolute atomic E-state index is 13.2. The molecule has 1 aliphatic rings. The Morgan fingerprint density at radius 3 is 2.24 bits per heavy atom. The van der Waals surface area contributed by atoms with Crippen LogP contribution in [0, 0.1) is 0 Å². The van der Waals surface area contributed by atoms with Gasteiger partial charge in [0.05, 0.1) is 12.1 Å². The summed E-state index contributed by atoms with van der Waals surface area (Å²) >= 11 is 1.46. The van der Waals surface area contributed by atoms with Gasteiger partial charge in [-0.25, -0.2) is 0 Å². The molecule has 0 fully saturated rings. The van der Waals surface area contributed by atoms with Crippen LogP contribution in [0.2, 0.25) is 0 Å². The summed E-state index contributed by atoms with van der Waals surface area (Å²) in [7, 11) is 0. The van der Waals surface area contributed by atoms with Gasteiger partial charge in [-0.3, -0.25) is 14.5 Å². The molecule has 0 aliphatic carbocycles. The largest absolute Gasteiger partial charge is 0.350 e. The third-order valence-corrected chi connectivity index (χ3v) is 5.85. The first kappa shape index (κ1) is 19.2. The molecule has 4 rings (SSSR count). The lowest BCUT2D eigenvalue weighted by Crippen LogP contribution is -2.31. The predicted octanol–water partition coefficient (Wildman–Crippen LogP) is 5.26. The van der Waals surface area contributed by atoms with E-state index in [4.69, 9.17) is 0 Å². The molecule has 0 saturated heterocycles. The summed E-state index contributed by atoms with van der Waals surface area (Å²) in [5.74, 6) is -0.126. The molecule has 1 aromatic heterocycles. The van der Waals surface area contributed by atoms with E-state index in [9.17, 15) is 9.59 Å². The number of hydrogen-bond donors (Lipinski definition) is 1. The summed E-state index contributed by atoms with van der Waals surface area (Å²) in [6.07, 6.45) is 0. The maximum Gasteiger partial charge on any atom is 0.278 e. The van der Waals surface area contributed by atoms with E-state index in [-0.39, 0.29) is 18.4 Å². The highest BCUT2D eigenvalue weighted by atomic mass is 32.1. The van der Waals surface area contributed by atoms with Gasteiger partial charge < -0.3 is 5.32 Å². The highest BCUT2D eigenvalue weighted by Gasteiger charge is 2.39. The number of nitrogens with zero attached hydrogens (tertiary/aromatic N) is 1. The second-order valence-electron chi connectivity index (χ2n) is 7.31. The van der Waals surface area contributed by atoms with Crippen molar-refractivity contribution in [2.45, 2.75) is 26.3 Å². The molecule has 3 aromatic rings. The number of rotatable bonds is 6. The van der Waals surface area contributed by atoms with Gasteiger partial charge in [-0.15, -0.1) is 11.3 Å². The van der Waals surface area contributed by atoms with Crippen LogP contribution in [0.25, 0.3) is 5.57 Å². The van der Waals surface area contributed by atoms with E-state index in [1.165, 1.54) is 21.8 Å². The summed E-state index contributed by atoms with van der Waals surface area (Å²) in [6, 6.07) is 21.3. The Hall–Kier alpha value is -3.18. The summed E-state index contributed by atoms with van der Waals surface area (Å²) in [5, 5.41) is 5.13. The third kappa shape index (κ3) is 3.87. The van der Waals surface area contributed by atoms with E-state index in [0.29, 0.717) is 17.2 Å². The minimum atomic E-state index is -0.296. The molecular formula is C24H22N2O2S. The lowest BCUT2D eigenvalue weighted by atomic mass is 10.0. The second kappa shape index (κ2) is 8.05. The van der Waals surface area contributed by atoms with Crippen molar-refractivity contribution in [2.24, 2.45) is 0 Å². The molecule has 1 aliphatic heterocycles. The molecule has 0 bridgehead atoms. The van der Waals surface area contributed by atoms with E-state index in [1.54, 1.807) is 0 Å². The van der Waals surface area contributed by atoms with Crippen LogP contribution in [0.4, 0.5) is 5.69 Å². The first-order valence-electron chi connectivity index (χ1n) is 9.60. The Labute approximate surface area is 174 Å². The molecule has 2 heterocycles. The van der Waals surface area contributed by atoms with Crippen LogP contribution >= 0.6 is 11.3 Å². The molecule has 1 N–H and O–H groups in total. The topological polar surface area (TPSA) is 49.4 Å². The highest BCUT2D eigenvalue weighted by Crippen LogP contribution is 2.33. The van der Waals surface area contributed by atoms with Crippen molar-refractivity contribution in [3.63, 3.8) is 0 Å². The van der Waals surface area contributed by atoms with Crippen LogP contribution < -0.4 is 5.32 Å². The SMILES string of the molecule is CC(C)c1ccc(NC2=C(c3cccs3)C(=O)N(Cc3ccccc3)C2=O)cc1. The van der Waals surface area contributed by atoms with Crippen LogP contribution in [0.3, 0.4) is 0 Å². The normalized spacial score (nSPS) is 14.2. The van der Waals surface area contributed by atoms with E-state index in [1.807, 2.05) is 72.1 Å². The Morgan fingerprint density at radius 1 is 0.897 bits per heavy atom. The van der Waals surface area contributed by atoms with E-state index < -0.39 is 0 Å². The van der Waals surface area contributed by atoms with Crippen molar-refractivity contribution in [3.05, 3.63) is 93.8 Å². The van der Waals surface area contributed by atoms with Crippen molar-refractivity contribution in [3.8, 4) is 0 Å². The Kier molecular flexibility index (Phi) is 5.32. The summed E-state index contributed by atoms with van der Waals surface area (Å²) in [5.41, 5.74) is 3.71. The average Bonchev–Trinajstić information content (AvgIpc) is 3.33. The highest BCUT2D eigenvalue weighted by molar-refractivity contribution is 7.11. The minimum absolute atomic E-state index is 0.255. The smallest absolute Gasteiger partial charge is 0.278 e. The molecule has 0 spiro atoms. The average molecular weight is 403 g/mol. The molecule has 29 heavy (non-hydrogen) atoms. The van der Waals surface area contributed by atoms with Crippen LogP contribution in [0.1, 0.15) is 35.8 Å². The van der Waals surface area contributed by atoms with Crippen LogP contribution in [0.5, 0.6) is 0 Å². The monoisotopic (exact) mass is 402 g/mol. The molecule has 5 heteroatoms. The zero-order valence-electron chi connectivity index (χ0n) is 16.4. The van der Waals surface area contributed by atoms with Crippen molar-refractivity contribution in [1.29, 1.82) is 0 Å². The first-order chi connectivity index (χ1) is 14.0. The van der Waals surface area contributed by atoms with Crippen molar-refractivity contribution < 1.29 is 9.59 Å². The van der Waals surface area contributed by atoms with Gasteiger partial charge in [-0.2, -0.15) is 0 Å². The second-order valence-corrected chi connectivity index (χ2v) is 8.26. The van der Waals surface area contributed by atoms with Crippen molar-refractivity contribution in [1.82, 2.24) is 4.90 Å². The standard InChI is InChI=1S/C24H22N2O2S/c1-16(2)18-10-12-19(13-11-18)25-22-21(20-9-6-14-29-20)23(27)26(24(22)28)15-17-7-4-3-5-8-17/h3-14,16,25H,15H2,1-2H3. The van der Waals surface area contributed by atoms with Gasteiger partial charge in [0.2, 0.25) is 0 Å². The summed E-state index contributed by atoms with van der Waals surface area (Å²) in [4.78, 5) is 28.5. The van der Waals surface area contributed by atoms with Gasteiger partial charge in [0.1, 0.15) is 5.70 Å². The van der Waals surface area contributed by atoms with Crippen LogP contribution in [-0.4, -0.2) is 16.7 Å². The van der Waals surface area contributed by atoms with Gasteiger partial charge in [0.15, 0.2) is 0 Å². The number of anilines is 1. The molecule has 0 saturated carbocycles. The quantitative estimate of drug-likeness (QED) is 0.572. The fourth-order valence-corrected chi connectivity index (χ4v) is 4.11. The molecule has 0 unspecified atom stereocenters. The van der Waals surface area contributed by atoms with Gasteiger partial charge in [-0.05, 0) is 40.6 Å². The van der Waals surface area contributed by atoms with Gasteiger partial charge in [0.25, 0.3) is 11.8 Å². The zero-order chi connectivity index (χ0) is 20.4. The molecular weight excluding hydrogens is 380 g/mol. The van der Waals surface area contributed by atoms with Crippen LogP contribution in [-0.2, 0) is 16.1 Å². The number of amides is 2. The van der Waals surface area contributed by atoms with Gasteiger partial charge in [-0.1, -0.05) is 62.4 Å². The Balaban J connectivity index is 1.67. The first-order valence-corrected chi connectivity index (χ1v) is 10.5. The van der Waals surface area contributed by atoms with Crippen molar-refractivity contribution >= 4 is 34.4 Å². The molecule has 0 atom stereocenters. The summed E-state index contributed by atoms with van der Waals surface area (Å²) in [6.45, 7) is 4.53. The molecule has 0 radical (unpaired) electrons. The van der Waals surface area contributed by atoms with Gasteiger partial charge in [0, 0.05) is 10.6 Å². The number of benzene rings is 2. The fourth-order valence-electron chi connectivity index (χ4n) is 3.35. The summed E-state index contributed by atoms with van der Waals surface area (Å²) < 4.78 is 0. The number of hydrogen-bond acceptors (Lipinski definition) is 4. The number of thiophene rings is 1. The lowest BCUT2D eigenvalue weighted by Gasteiger charge is -2.15. The molecule has 2 aromatic carbocycles. The van der Waals surface area contributed by atoms with E-state index in [2.05, 4.69) is 19.2 Å². The lowest BCUT2D eigenvalue weighted by molar-refractivity contribution is -0.137. The number of imide groups is 1. The van der Waals surface area contributed by atoms with E-state index in [0.717, 1.165) is 16.1 Å². The molecule has 2 amide bonds. The Morgan fingerprint density at radius 2 is 1.62 bits per heavy atom. The number of nitrogens with one attached hydrogen (secondary N) is 1. The fraction of sp³-hybridized carbons (Fsp3) is 0.167. The van der Waals surface area contributed by atoms with E-state index >= 15 is 0 Å². The molecule has 146 valence electrons. The number of carbonyl (C=O) groups excluding carboxylic acids is 2. The molecule has 4 nitrogen and oxygen atoms in total. The number of carbonyl (C=O) groups is 2. The third-order valence-electron chi connectivity index (χ3n) is 4.97. The predicted molar refractivity (Wildman–Crippen MR) is 117 cm³/mol. The Bertz CT molecular complexity index is 1050. The van der Waals surface area contributed by atoms with Gasteiger partial charge >= 0.3 is 0 Å². The van der Waals surface area contributed by atoms with Crippen molar-refractivity contribution in [2.75, 3.05) is 5.32 Å². The maximum atomic E-state index is 13.2.